The van der Waals surface area contributed by atoms with Gasteiger partial charge in [0.1, 0.15) is 0 Å². The number of hydrogen-bond donors (Lipinski definition) is 1. The first kappa shape index (κ1) is 19.4. The Morgan fingerprint density at radius 2 is 1.78 bits per heavy atom. The Morgan fingerprint density at radius 1 is 1.07 bits per heavy atom. The summed E-state index contributed by atoms with van der Waals surface area (Å²) in [7, 11) is -3.74. The van der Waals surface area contributed by atoms with Gasteiger partial charge in [-0.15, -0.1) is 0 Å². The molecule has 144 valence electrons. The molecule has 0 heterocycles. The fraction of sp³-hybridized carbons (Fsp3) is 0.381. The molecule has 6 heteroatoms. The Balaban J connectivity index is 1.79. The number of benzene rings is 2. The smallest absolute Gasteiger partial charge is 0.264 e. The van der Waals surface area contributed by atoms with E-state index in [0.717, 1.165) is 12.8 Å². The fourth-order valence-corrected chi connectivity index (χ4v) is 5.08. The lowest BCUT2D eigenvalue weighted by atomic mass is 10.1. The van der Waals surface area contributed by atoms with Crippen molar-refractivity contribution >= 4 is 21.6 Å². The van der Waals surface area contributed by atoms with Crippen LogP contribution in [0.4, 0.5) is 5.69 Å². The molecule has 5 nitrogen and oxygen atoms in total. The average Bonchev–Trinajstić information content (AvgIpc) is 3.21. The summed E-state index contributed by atoms with van der Waals surface area (Å²) in [5.74, 6) is 0.316. The molecule has 27 heavy (non-hydrogen) atoms. The summed E-state index contributed by atoms with van der Waals surface area (Å²) >= 11 is 0. The Labute approximate surface area is 161 Å². The van der Waals surface area contributed by atoms with Crippen molar-refractivity contribution in [3.05, 3.63) is 60.2 Å². The molecule has 1 N–H and O–H groups in total. The molecular weight excluding hydrogens is 360 g/mol. The van der Waals surface area contributed by atoms with Crippen molar-refractivity contribution in [1.29, 1.82) is 0 Å². The maximum Gasteiger partial charge on any atom is 0.264 e. The first-order chi connectivity index (χ1) is 13.0. The van der Waals surface area contributed by atoms with Gasteiger partial charge in [0, 0.05) is 18.7 Å². The molecule has 0 spiro atoms. The van der Waals surface area contributed by atoms with Gasteiger partial charge < -0.3 is 5.32 Å². The van der Waals surface area contributed by atoms with Crippen LogP contribution in [0.2, 0.25) is 0 Å². The van der Waals surface area contributed by atoms with E-state index in [-0.39, 0.29) is 10.8 Å². The lowest BCUT2D eigenvalue weighted by molar-refractivity contribution is 0.0947. The van der Waals surface area contributed by atoms with Crippen LogP contribution in [0.15, 0.2) is 59.5 Å². The lowest BCUT2D eigenvalue weighted by Gasteiger charge is -2.23. The highest BCUT2D eigenvalue weighted by Crippen LogP contribution is 2.25. The SMILES string of the molecule is CCN(c1ccccc1)S(=O)(=O)c1cccc(C(=O)NCC2CCCC2)c1. The average molecular weight is 387 g/mol. The van der Waals surface area contributed by atoms with Crippen molar-refractivity contribution in [2.45, 2.75) is 37.5 Å². The molecule has 3 rings (SSSR count). The lowest BCUT2D eigenvalue weighted by Crippen LogP contribution is -2.31. The topological polar surface area (TPSA) is 66.5 Å². The zero-order valence-electron chi connectivity index (χ0n) is 15.6. The second kappa shape index (κ2) is 8.57. The maximum absolute atomic E-state index is 13.1. The third kappa shape index (κ3) is 4.50. The summed E-state index contributed by atoms with van der Waals surface area (Å²) < 4.78 is 27.5. The summed E-state index contributed by atoms with van der Waals surface area (Å²) in [4.78, 5) is 12.6. The van der Waals surface area contributed by atoms with Crippen molar-refractivity contribution < 1.29 is 13.2 Å². The van der Waals surface area contributed by atoms with Crippen LogP contribution in [0.1, 0.15) is 43.0 Å². The molecule has 1 amide bonds. The van der Waals surface area contributed by atoms with Crippen molar-refractivity contribution in [3.8, 4) is 0 Å². The largest absolute Gasteiger partial charge is 0.352 e. The van der Waals surface area contributed by atoms with Crippen LogP contribution in [0, 0.1) is 5.92 Å². The highest BCUT2D eigenvalue weighted by Gasteiger charge is 2.24. The molecule has 2 aromatic rings. The van der Waals surface area contributed by atoms with Crippen molar-refractivity contribution in [1.82, 2.24) is 5.32 Å². The van der Waals surface area contributed by atoms with Gasteiger partial charge in [-0.25, -0.2) is 8.42 Å². The number of amides is 1. The molecule has 0 aliphatic heterocycles. The van der Waals surface area contributed by atoms with Gasteiger partial charge >= 0.3 is 0 Å². The van der Waals surface area contributed by atoms with E-state index in [1.165, 1.54) is 29.3 Å². The van der Waals surface area contributed by atoms with Gasteiger partial charge in [0.2, 0.25) is 0 Å². The van der Waals surface area contributed by atoms with E-state index >= 15 is 0 Å². The quantitative estimate of drug-likeness (QED) is 0.787. The van der Waals surface area contributed by atoms with E-state index in [1.54, 1.807) is 43.3 Å². The summed E-state index contributed by atoms with van der Waals surface area (Å²) in [6.45, 7) is 2.76. The van der Waals surface area contributed by atoms with E-state index in [1.807, 2.05) is 6.07 Å². The number of para-hydroxylation sites is 1. The van der Waals surface area contributed by atoms with Crippen LogP contribution in [-0.4, -0.2) is 27.4 Å². The molecule has 1 fully saturated rings. The van der Waals surface area contributed by atoms with E-state index in [0.29, 0.717) is 30.3 Å². The van der Waals surface area contributed by atoms with Crippen LogP contribution < -0.4 is 9.62 Å². The molecule has 0 aromatic heterocycles. The molecule has 2 aromatic carbocycles. The number of anilines is 1. The third-order valence-electron chi connectivity index (χ3n) is 5.04. The highest BCUT2D eigenvalue weighted by molar-refractivity contribution is 7.92. The summed E-state index contributed by atoms with van der Waals surface area (Å²) in [5, 5.41) is 2.95. The Bertz CT molecular complexity index is 875. The zero-order valence-corrected chi connectivity index (χ0v) is 16.4. The maximum atomic E-state index is 13.1. The Hall–Kier alpha value is -2.34. The zero-order chi connectivity index (χ0) is 19.3. The van der Waals surface area contributed by atoms with Crippen LogP contribution in [0.25, 0.3) is 0 Å². The van der Waals surface area contributed by atoms with E-state index in [2.05, 4.69) is 5.32 Å². The number of nitrogens with zero attached hydrogens (tertiary/aromatic N) is 1. The van der Waals surface area contributed by atoms with Crippen molar-refractivity contribution in [3.63, 3.8) is 0 Å². The number of carbonyl (C=O) groups excluding carboxylic acids is 1. The molecular formula is C21H26N2O3S. The van der Waals surface area contributed by atoms with Crippen LogP contribution >= 0.6 is 0 Å². The molecule has 0 atom stereocenters. The fourth-order valence-electron chi connectivity index (χ4n) is 3.56. The van der Waals surface area contributed by atoms with Gasteiger partial charge in [0.15, 0.2) is 0 Å². The standard InChI is InChI=1S/C21H26N2O3S/c1-2-23(19-12-4-3-5-13-19)27(25,26)20-14-8-11-18(15-20)21(24)22-16-17-9-6-7-10-17/h3-5,8,11-15,17H,2,6-7,9-10,16H2,1H3,(H,22,24). The van der Waals surface area contributed by atoms with Crippen LogP contribution in [0.3, 0.4) is 0 Å². The minimum atomic E-state index is -3.74. The second-order valence-electron chi connectivity index (χ2n) is 6.89. The molecule has 1 saturated carbocycles. The number of carbonyl (C=O) groups is 1. The Kier molecular flexibility index (Phi) is 6.16. The van der Waals surface area contributed by atoms with Gasteiger partial charge in [0.05, 0.1) is 10.6 Å². The van der Waals surface area contributed by atoms with Crippen LogP contribution in [0.5, 0.6) is 0 Å². The number of sulfonamides is 1. The predicted octanol–water partition coefficient (Wildman–Crippen LogP) is 3.82. The second-order valence-corrected chi connectivity index (χ2v) is 8.76. The normalized spacial score (nSPS) is 14.9. The molecule has 0 saturated heterocycles. The molecule has 1 aliphatic carbocycles. The van der Waals surface area contributed by atoms with Gasteiger partial charge in [-0.05, 0) is 56.0 Å². The molecule has 0 unspecified atom stereocenters. The number of rotatable bonds is 7. The van der Waals surface area contributed by atoms with Crippen LogP contribution in [-0.2, 0) is 10.0 Å². The Morgan fingerprint density at radius 3 is 2.44 bits per heavy atom. The highest BCUT2D eigenvalue weighted by atomic mass is 32.2. The van der Waals surface area contributed by atoms with Gasteiger partial charge in [-0.3, -0.25) is 9.10 Å². The van der Waals surface area contributed by atoms with Crippen molar-refractivity contribution in [2.24, 2.45) is 5.92 Å². The van der Waals surface area contributed by atoms with Crippen molar-refractivity contribution in [2.75, 3.05) is 17.4 Å². The molecule has 1 aliphatic rings. The molecule has 0 bridgehead atoms. The number of nitrogens with one attached hydrogen (secondary N) is 1. The van der Waals surface area contributed by atoms with E-state index < -0.39 is 10.0 Å². The minimum Gasteiger partial charge on any atom is -0.352 e. The van der Waals surface area contributed by atoms with Gasteiger partial charge in [-0.1, -0.05) is 37.1 Å². The number of hydrogen-bond acceptors (Lipinski definition) is 3. The van der Waals surface area contributed by atoms with E-state index in [9.17, 15) is 13.2 Å². The van der Waals surface area contributed by atoms with Gasteiger partial charge in [-0.2, -0.15) is 0 Å². The third-order valence-corrected chi connectivity index (χ3v) is 6.94. The van der Waals surface area contributed by atoms with E-state index in [4.69, 9.17) is 0 Å². The first-order valence-corrected chi connectivity index (χ1v) is 10.9. The first-order valence-electron chi connectivity index (χ1n) is 9.48. The summed E-state index contributed by atoms with van der Waals surface area (Å²) in [5.41, 5.74) is 0.981. The monoisotopic (exact) mass is 386 g/mol. The van der Waals surface area contributed by atoms with Gasteiger partial charge in [0.25, 0.3) is 15.9 Å². The summed E-state index contributed by atoms with van der Waals surface area (Å²) in [6, 6.07) is 15.3. The minimum absolute atomic E-state index is 0.127. The molecule has 0 radical (unpaired) electrons. The summed E-state index contributed by atoms with van der Waals surface area (Å²) in [6.07, 6.45) is 4.75. The predicted molar refractivity (Wildman–Crippen MR) is 107 cm³/mol.